The van der Waals surface area contributed by atoms with Gasteiger partial charge in [-0.3, -0.25) is 0 Å². The van der Waals surface area contributed by atoms with Crippen molar-refractivity contribution in [3.05, 3.63) is 66.7 Å². The highest BCUT2D eigenvalue weighted by atomic mass is 32.1. The Hall–Kier alpha value is -3.22. The van der Waals surface area contributed by atoms with Crippen molar-refractivity contribution in [3.8, 4) is 39.2 Å². The molecule has 0 aliphatic heterocycles. The second kappa shape index (κ2) is 9.29. The molecule has 0 bridgehead atoms. The highest BCUT2D eigenvalue weighted by Gasteiger charge is 2.17. The van der Waals surface area contributed by atoms with Gasteiger partial charge in [0.25, 0.3) is 0 Å². The standard InChI is InChI=1S/C25H25NO4S/c1-3-26(2)14-15-29-20-9-11-21(12-10-20)30-24-22-13-8-19(28)16-23(22)31-25(24)17-4-6-18(27)7-5-17/h4-13,16,27-28H,3,14-15H2,1-2H3. The van der Waals surface area contributed by atoms with Crippen molar-refractivity contribution in [3.63, 3.8) is 0 Å². The van der Waals surface area contributed by atoms with Gasteiger partial charge in [0.1, 0.15) is 29.6 Å². The lowest BCUT2D eigenvalue weighted by Crippen LogP contribution is -2.23. The number of aromatic hydroxyl groups is 2. The average molecular weight is 436 g/mol. The van der Waals surface area contributed by atoms with Crippen LogP contribution in [-0.4, -0.2) is 41.9 Å². The number of ether oxygens (including phenoxy) is 2. The molecule has 4 aromatic rings. The second-order valence-corrected chi connectivity index (χ2v) is 8.36. The number of thiophene rings is 1. The van der Waals surface area contributed by atoms with Crippen LogP contribution in [0.4, 0.5) is 0 Å². The molecule has 0 radical (unpaired) electrons. The Kier molecular flexibility index (Phi) is 6.30. The minimum absolute atomic E-state index is 0.214. The predicted molar refractivity (Wildman–Crippen MR) is 126 cm³/mol. The monoisotopic (exact) mass is 435 g/mol. The van der Waals surface area contributed by atoms with Gasteiger partial charge < -0.3 is 24.6 Å². The molecule has 0 unspecified atom stereocenters. The molecular weight excluding hydrogens is 410 g/mol. The van der Waals surface area contributed by atoms with Gasteiger partial charge in [0.05, 0.1) is 4.88 Å². The van der Waals surface area contributed by atoms with Gasteiger partial charge >= 0.3 is 0 Å². The Bertz CT molecular complexity index is 1150. The van der Waals surface area contributed by atoms with E-state index in [9.17, 15) is 10.2 Å². The van der Waals surface area contributed by atoms with Gasteiger partial charge in [-0.2, -0.15) is 0 Å². The minimum atomic E-state index is 0.214. The maximum atomic E-state index is 9.89. The van der Waals surface area contributed by atoms with E-state index in [0.29, 0.717) is 12.4 Å². The lowest BCUT2D eigenvalue weighted by atomic mass is 10.1. The number of rotatable bonds is 8. The van der Waals surface area contributed by atoms with E-state index in [1.165, 1.54) is 11.3 Å². The zero-order chi connectivity index (χ0) is 21.8. The van der Waals surface area contributed by atoms with Crippen LogP contribution in [0.15, 0.2) is 66.7 Å². The molecule has 0 spiro atoms. The van der Waals surface area contributed by atoms with E-state index in [0.717, 1.165) is 45.1 Å². The third kappa shape index (κ3) is 4.93. The van der Waals surface area contributed by atoms with Crippen LogP contribution in [0.2, 0.25) is 0 Å². The van der Waals surface area contributed by atoms with Gasteiger partial charge in [-0.25, -0.2) is 0 Å². The molecule has 2 N–H and O–H groups in total. The molecule has 0 saturated heterocycles. The first-order valence-electron chi connectivity index (χ1n) is 10.2. The van der Waals surface area contributed by atoms with Crippen molar-refractivity contribution in [2.75, 3.05) is 26.7 Å². The molecule has 1 aromatic heterocycles. The predicted octanol–water partition coefficient (Wildman–Crippen LogP) is 6.10. The van der Waals surface area contributed by atoms with Gasteiger partial charge in [0.2, 0.25) is 0 Å². The van der Waals surface area contributed by atoms with E-state index < -0.39 is 0 Å². The Labute approximate surface area is 185 Å². The zero-order valence-corrected chi connectivity index (χ0v) is 18.4. The number of phenols is 2. The highest BCUT2D eigenvalue weighted by molar-refractivity contribution is 7.22. The van der Waals surface area contributed by atoms with Crippen molar-refractivity contribution < 1.29 is 19.7 Å². The summed E-state index contributed by atoms with van der Waals surface area (Å²) in [5.41, 5.74) is 0.938. The molecule has 0 atom stereocenters. The Morgan fingerprint density at radius 1 is 0.871 bits per heavy atom. The van der Waals surface area contributed by atoms with E-state index in [4.69, 9.17) is 9.47 Å². The molecule has 160 valence electrons. The lowest BCUT2D eigenvalue weighted by molar-refractivity contribution is 0.243. The van der Waals surface area contributed by atoms with Crippen LogP contribution >= 0.6 is 11.3 Å². The summed E-state index contributed by atoms with van der Waals surface area (Å²) in [6.07, 6.45) is 0. The number of likely N-dealkylation sites (N-methyl/N-ethyl adjacent to an activating group) is 1. The number of phenolic OH excluding ortho intramolecular Hbond substituents is 2. The van der Waals surface area contributed by atoms with Gasteiger partial charge in [0.15, 0.2) is 5.75 Å². The first-order chi connectivity index (χ1) is 15.0. The first kappa shape index (κ1) is 21.0. The number of benzene rings is 3. The summed E-state index contributed by atoms with van der Waals surface area (Å²) in [7, 11) is 2.07. The molecule has 5 nitrogen and oxygen atoms in total. The number of hydrogen-bond donors (Lipinski definition) is 2. The molecular formula is C25H25NO4S. The second-order valence-electron chi connectivity index (χ2n) is 7.31. The summed E-state index contributed by atoms with van der Waals surface area (Å²) in [5.74, 6) is 2.66. The van der Waals surface area contributed by atoms with Crippen molar-refractivity contribution in [1.29, 1.82) is 0 Å². The highest BCUT2D eigenvalue weighted by Crippen LogP contribution is 2.47. The molecule has 6 heteroatoms. The van der Waals surface area contributed by atoms with Crippen molar-refractivity contribution in [2.45, 2.75) is 6.92 Å². The van der Waals surface area contributed by atoms with E-state index >= 15 is 0 Å². The van der Waals surface area contributed by atoms with Crippen LogP contribution < -0.4 is 9.47 Å². The number of hydrogen-bond acceptors (Lipinski definition) is 6. The normalized spacial score (nSPS) is 11.2. The van der Waals surface area contributed by atoms with Gasteiger partial charge in [-0.15, -0.1) is 11.3 Å². The van der Waals surface area contributed by atoms with E-state index in [-0.39, 0.29) is 11.5 Å². The molecule has 0 amide bonds. The van der Waals surface area contributed by atoms with E-state index in [1.54, 1.807) is 24.3 Å². The smallest absolute Gasteiger partial charge is 0.153 e. The fraction of sp³-hybridized carbons (Fsp3) is 0.200. The van der Waals surface area contributed by atoms with E-state index in [2.05, 4.69) is 18.9 Å². The fourth-order valence-corrected chi connectivity index (χ4v) is 4.33. The first-order valence-corrected chi connectivity index (χ1v) is 11.0. The van der Waals surface area contributed by atoms with Crippen molar-refractivity contribution in [2.24, 2.45) is 0 Å². The summed E-state index contributed by atoms with van der Waals surface area (Å²) < 4.78 is 13.0. The van der Waals surface area contributed by atoms with Crippen LogP contribution in [0.5, 0.6) is 28.7 Å². The van der Waals surface area contributed by atoms with Crippen LogP contribution in [0.25, 0.3) is 20.5 Å². The average Bonchev–Trinajstić information content (AvgIpc) is 3.12. The number of nitrogens with zero attached hydrogens (tertiary/aromatic N) is 1. The maximum absolute atomic E-state index is 9.89. The molecule has 31 heavy (non-hydrogen) atoms. The third-order valence-corrected chi connectivity index (χ3v) is 6.27. The summed E-state index contributed by atoms with van der Waals surface area (Å²) >= 11 is 1.54. The van der Waals surface area contributed by atoms with Crippen LogP contribution in [-0.2, 0) is 0 Å². The van der Waals surface area contributed by atoms with Gasteiger partial charge in [-0.1, -0.05) is 6.92 Å². The molecule has 4 rings (SSSR count). The molecule has 1 heterocycles. The quantitative estimate of drug-likeness (QED) is 0.350. The lowest BCUT2D eigenvalue weighted by Gasteiger charge is -2.14. The van der Waals surface area contributed by atoms with Crippen LogP contribution in [0.3, 0.4) is 0 Å². The molecule has 3 aromatic carbocycles. The van der Waals surface area contributed by atoms with Crippen LogP contribution in [0.1, 0.15) is 6.92 Å². The SMILES string of the molecule is CCN(C)CCOc1ccc(Oc2c(-c3ccc(O)cc3)sc3cc(O)ccc23)cc1. The maximum Gasteiger partial charge on any atom is 0.153 e. The summed E-state index contributed by atoms with van der Waals surface area (Å²) in [6, 6.07) is 19.9. The molecule has 0 aliphatic rings. The minimum Gasteiger partial charge on any atom is -0.508 e. The van der Waals surface area contributed by atoms with Gasteiger partial charge in [0, 0.05) is 16.6 Å². The van der Waals surface area contributed by atoms with Crippen LogP contribution in [0, 0.1) is 0 Å². The van der Waals surface area contributed by atoms with E-state index in [1.807, 2.05) is 42.5 Å². The molecule has 0 fully saturated rings. The Balaban J connectivity index is 1.60. The number of fused-ring (bicyclic) bond motifs is 1. The summed E-state index contributed by atoms with van der Waals surface area (Å²) in [4.78, 5) is 3.13. The fourth-order valence-electron chi connectivity index (χ4n) is 3.17. The zero-order valence-electron chi connectivity index (χ0n) is 17.5. The molecule has 0 aliphatic carbocycles. The Morgan fingerprint density at radius 2 is 1.55 bits per heavy atom. The largest absolute Gasteiger partial charge is 0.508 e. The topological polar surface area (TPSA) is 62.2 Å². The third-order valence-electron chi connectivity index (χ3n) is 5.08. The summed E-state index contributed by atoms with van der Waals surface area (Å²) in [6.45, 7) is 4.62. The summed E-state index contributed by atoms with van der Waals surface area (Å²) in [5, 5.41) is 20.5. The van der Waals surface area contributed by atoms with Crippen molar-refractivity contribution >= 4 is 21.4 Å². The van der Waals surface area contributed by atoms with Crippen molar-refractivity contribution in [1.82, 2.24) is 4.90 Å². The molecule has 0 saturated carbocycles. The Morgan fingerprint density at radius 3 is 2.26 bits per heavy atom. The van der Waals surface area contributed by atoms with Gasteiger partial charge in [-0.05, 0) is 85.9 Å².